The molecule has 0 aromatic heterocycles. The van der Waals surface area contributed by atoms with Crippen LogP contribution < -0.4 is 10.1 Å². The molecule has 1 unspecified atom stereocenters. The molecule has 0 saturated carbocycles. The number of hydrogen-bond donors (Lipinski definition) is 1. The SMILES string of the molecule is CC(C)CC(Br)CNC(=O)CCOc1ccccc1. The number of carbonyl (C=O) groups excluding carboxylic acids is 1. The fourth-order valence-corrected chi connectivity index (χ4v) is 2.60. The van der Waals surface area contributed by atoms with E-state index in [2.05, 4.69) is 35.1 Å². The lowest BCUT2D eigenvalue weighted by Crippen LogP contribution is -2.31. The lowest BCUT2D eigenvalue weighted by Gasteiger charge is -2.13. The van der Waals surface area contributed by atoms with Crippen molar-refractivity contribution in [1.29, 1.82) is 0 Å². The minimum Gasteiger partial charge on any atom is -0.493 e. The summed E-state index contributed by atoms with van der Waals surface area (Å²) in [4.78, 5) is 12.0. The molecule has 0 heterocycles. The van der Waals surface area contributed by atoms with Crippen LogP contribution in [0, 0.1) is 5.92 Å². The van der Waals surface area contributed by atoms with E-state index in [9.17, 15) is 4.79 Å². The van der Waals surface area contributed by atoms with Crippen molar-refractivity contribution in [2.75, 3.05) is 13.2 Å². The molecule has 1 N–H and O–H groups in total. The molecular formula is C15H22BrNO2. The highest BCUT2D eigenvalue weighted by Gasteiger charge is 2.08. The summed E-state index contributed by atoms with van der Waals surface area (Å²) in [7, 11) is 0. The maximum absolute atomic E-state index is 11.6. The summed E-state index contributed by atoms with van der Waals surface area (Å²) >= 11 is 3.57. The molecule has 0 fully saturated rings. The molecule has 4 heteroatoms. The first-order chi connectivity index (χ1) is 9.08. The molecule has 1 aromatic rings. The van der Waals surface area contributed by atoms with Gasteiger partial charge in [-0.2, -0.15) is 0 Å². The smallest absolute Gasteiger partial charge is 0.223 e. The molecule has 3 nitrogen and oxygen atoms in total. The van der Waals surface area contributed by atoms with Gasteiger partial charge in [-0.3, -0.25) is 4.79 Å². The van der Waals surface area contributed by atoms with Gasteiger partial charge in [-0.15, -0.1) is 0 Å². The Morgan fingerprint density at radius 3 is 2.63 bits per heavy atom. The van der Waals surface area contributed by atoms with Crippen LogP contribution in [0.15, 0.2) is 30.3 Å². The number of halogens is 1. The van der Waals surface area contributed by atoms with Crippen molar-refractivity contribution >= 4 is 21.8 Å². The van der Waals surface area contributed by atoms with Gasteiger partial charge < -0.3 is 10.1 Å². The van der Waals surface area contributed by atoms with Crippen molar-refractivity contribution in [2.45, 2.75) is 31.5 Å². The third-order valence-corrected chi connectivity index (χ3v) is 3.29. The Morgan fingerprint density at radius 1 is 1.32 bits per heavy atom. The zero-order chi connectivity index (χ0) is 14.1. The van der Waals surface area contributed by atoms with E-state index in [-0.39, 0.29) is 5.91 Å². The normalized spacial score (nSPS) is 12.2. The average Bonchev–Trinajstić information content (AvgIpc) is 2.37. The largest absolute Gasteiger partial charge is 0.493 e. The van der Waals surface area contributed by atoms with Crippen molar-refractivity contribution in [3.63, 3.8) is 0 Å². The lowest BCUT2D eigenvalue weighted by atomic mass is 10.1. The quantitative estimate of drug-likeness (QED) is 0.743. The molecule has 1 amide bonds. The van der Waals surface area contributed by atoms with Gasteiger partial charge in [-0.25, -0.2) is 0 Å². The number of carbonyl (C=O) groups is 1. The molecule has 1 aromatic carbocycles. The van der Waals surface area contributed by atoms with Crippen LogP contribution >= 0.6 is 15.9 Å². The summed E-state index contributed by atoms with van der Waals surface area (Å²) in [5.74, 6) is 1.46. The van der Waals surface area contributed by atoms with E-state index >= 15 is 0 Å². The van der Waals surface area contributed by atoms with Crippen LogP contribution in [-0.2, 0) is 4.79 Å². The first-order valence-electron chi connectivity index (χ1n) is 6.66. The van der Waals surface area contributed by atoms with Crippen molar-refractivity contribution in [1.82, 2.24) is 5.32 Å². The van der Waals surface area contributed by atoms with Crippen LogP contribution in [0.1, 0.15) is 26.7 Å². The Hall–Kier alpha value is -1.03. The molecule has 0 aliphatic rings. The topological polar surface area (TPSA) is 38.3 Å². The molecule has 0 spiro atoms. The Labute approximate surface area is 123 Å². The van der Waals surface area contributed by atoms with Gasteiger partial charge in [0.15, 0.2) is 0 Å². The van der Waals surface area contributed by atoms with Gasteiger partial charge in [0.2, 0.25) is 5.91 Å². The molecular weight excluding hydrogens is 306 g/mol. The van der Waals surface area contributed by atoms with Gasteiger partial charge in [0, 0.05) is 11.4 Å². The summed E-state index contributed by atoms with van der Waals surface area (Å²) in [6.45, 7) is 5.42. The van der Waals surface area contributed by atoms with E-state index in [4.69, 9.17) is 4.74 Å². The number of alkyl halides is 1. The minimum atomic E-state index is 0.0316. The monoisotopic (exact) mass is 327 g/mol. The zero-order valence-electron chi connectivity index (χ0n) is 11.6. The highest BCUT2D eigenvalue weighted by molar-refractivity contribution is 9.09. The van der Waals surface area contributed by atoms with Gasteiger partial charge in [0.25, 0.3) is 0 Å². The number of ether oxygens (including phenoxy) is 1. The van der Waals surface area contributed by atoms with E-state index in [0.29, 0.717) is 30.3 Å². The molecule has 0 aliphatic carbocycles. The van der Waals surface area contributed by atoms with Gasteiger partial charge in [-0.05, 0) is 24.5 Å². The summed E-state index contributed by atoms with van der Waals surface area (Å²) in [6, 6.07) is 9.53. The molecule has 0 saturated heterocycles. The van der Waals surface area contributed by atoms with Gasteiger partial charge in [0.05, 0.1) is 13.0 Å². The summed E-state index contributed by atoms with van der Waals surface area (Å²) in [5, 5.41) is 2.91. The summed E-state index contributed by atoms with van der Waals surface area (Å²) < 4.78 is 5.48. The maximum atomic E-state index is 11.6. The third-order valence-electron chi connectivity index (χ3n) is 2.59. The average molecular weight is 328 g/mol. The van der Waals surface area contributed by atoms with E-state index in [0.717, 1.165) is 12.2 Å². The molecule has 1 atom stereocenters. The number of benzene rings is 1. The predicted molar refractivity (Wildman–Crippen MR) is 81.7 cm³/mol. The predicted octanol–water partition coefficient (Wildman–Crippen LogP) is 3.38. The van der Waals surface area contributed by atoms with Crippen LogP contribution in [0.2, 0.25) is 0 Å². The first kappa shape index (κ1) is 16.0. The fraction of sp³-hybridized carbons (Fsp3) is 0.533. The third kappa shape index (κ3) is 7.88. The molecule has 106 valence electrons. The van der Waals surface area contributed by atoms with Crippen LogP contribution in [0.25, 0.3) is 0 Å². The molecule has 0 bridgehead atoms. The molecule has 0 radical (unpaired) electrons. The number of hydrogen-bond acceptors (Lipinski definition) is 2. The standard InChI is InChI=1S/C15H22BrNO2/c1-12(2)10-13(16)11-17-15(18)8-9-19-14-6-4-3-5-7-14/h3-7,12-13H,8-11H2,1-2H3,(H,17,18). The van der Waals surface area contributed by atoms with Crippen LogP contribution in [0.4, 0.5) is 0 Å². The van der Waals surface area contributed by atoms with Crippen molar-refractivity contribution in [2.24, 2.45) is 5.92 Å². The lowest BCUT2D eigenvalue weighted by molar-refractivity contribution is -0.121. The number of nitrogens with one attached hydrogen (secondary N) is 1. The van der Waals surface area contributed by atoms with Crippen LogP contribution in [0.5, 0.6) is 5.75 Å². The van der Waals surface area contributed by atoms with Gasteiger partial charge >= 0.3 is 0 Å². The summed E-state index contributed by atoms with van der Waals surface area (Å²) in [5.41, 5.74) is 0. The highest BCUT2D eigenvalue weighted by Crippen LogP contribution is 2.11. The van der Waals surface area contributed by atoms with Crippen molar-refractivity contribution in [3.8, 4) is 5.75 Å². The second-order valence-electron chi connectivity index (χ2n) is 4.94. The zero-order valence-corrected chi connectivity index (χ0v) is 13.2. The van der Waals surface area contributed by atoms with Crippen LogP contribution in [-0.4, -0.2) is 23.9 Å². The number of para-hydroxylation sites is 1. The van der Waals surface area contributed by atoms with E-state index < -0.39 is 0 Å². The Kier molecular flexibility index (Phi) is 7.56. The van der Waals surface area contributed by atoms with Crippen molar-refractivity contribution in [3.05, 3.63) is 30.3 Å². The number of rotatable bonds is 8. The van der Waals surface area contributed by atoms with Gasteiger partial charge in [-0.1, -0.05) is 48.0 Å². The second-order valence-corrected chi connectivity index (χ2v) is 6.24. The second kappa shape index (κ2) is 8.97. The van der Waals surface area contributed by atoms with E-state index in [1.807, 2.05) is 30.3 Å². The van der Waals surface area contributed by atoms with E-state index in [1.165, 1.54) is 0 Å². The van der Waals surface area contributed by atoms with Crippen molar-refractivity contribution < 1.29 is 9.53 Å². The maximum Gasteiger partial charge on any atom is 0.223 e. The Bertz CT molecular complexity index is 368. The Morgan fingerprint density at radius 2 is 2.00 bits per heavy atom. The van der Waals surface area contributed by atoms with Crippen LogP contribution in [0.3, 0.4) is 0 Å². The molecule has 19 heavy (non-hydrogen) atoms. The first-order valence-corrected chi connectivity index (χ1v) is 7.58. The van der Waals surface area contributed by atoms with Gasteiger partial charge in [0.1, 0.15) is 5.75 Å². The summed E-state index contributed by atoms with van der Waals surface area (Å²) in [6.07, 6.45) is 1.44. The Balaban J connectivity index is 2.11. The minimum absolute atomic E-state index is 0.0316. The number of amides is 1. The fourth-order valence-electron chi connectivity index (χ4n) is 1.69. The molecule has 0 aliphatic heterocycles. The molecule has 1 rings (SSSR count). The van der Waals surface area contributed by atoms with E-state index in [1.54, 1.807) is 0 Å². The highest BCUT2D eigenvalue weighted by atomic mass is 79.9.